The Balaban J connectivity index is 1.42. The first-order valence-electron chi connectivity index (χ1n) is 34.5. The first-order valence-corrected chi connectivity index (χ1v) is 18.9. The summed E-state index contributed by atoms with van der Waals surface area (Å²) in [6.07, 6.45) is -0.821. The first kappa shape index (κ1) is 15.4. The normalized spacial score (nSPS) is 19.2. The lowest BCUT2D eigenvalue weighted by atomic mass is 9.84. The van der Waals surface area contributed by atoms with E-state index in [2.05, 4.69) is 9.97 Å². The first-order chi connectivity index (χ1) is 44.0. The van der Waals surface area contributed by atoms with Crippen molar-refractivity contribution in [1.29, 1.82) is 0 Å². The van der Waals surface area contributed by atoms with Crippen molar-refractivity contribution >= 4 is 65.5 Å². The van der Waals surface area contributed by atoms with Gasteiger partial charge >= 0.3 is 0 Å². The average Bonchev–Trinajstić information content (AvgIpc) is 1.17. The van der Waals surface area contributed by atoms with Gasteiger partial charge in [0.05, 0.1) is 62.0 Å². The van der Waals surface area contributed by atoms with Crippen LogP contribution in [0.15, 0.2) is 218 Å². The molecule has 12 rings (SSSR count). The zero-order valence-corrected chi connectivity index (χ0v) is 31.4. The van der Waals surface area contributed by atoms with Crippen molar-refractivity contribution < 1.29 is 45.2 Å². The second-order valence-corrected chi connectivity index (χ2v) is 14.1. The largest absolute Gasteiger partial charge is 0.254 e. The molecule has 12 aromatic rings. The molecule has 3 heteroatoms. The number of hydrogen-bond donors (Lipinski definition) is 0. The van der Waals surface area contributed by atoms with E-state index in [1.54, 1.807) is 0 Å². The van der Waals surface area contributed by atoms with Gasteiger partial charge in [0.2, 0.25) is 0 Å². The number of benzene rings is 9. The summed E-state index contributed by atoms with van der Waals surface area (Å²) in [5.74, 6) is 0. The Hall–Kier alpha value is -7.72. The van der Waals surface area contributed by atoms with E-state index in [1.807, 2.05) is 0 Å². The summed E-state index contributed by atoms with van der Waals surface area (Å²) in [7, 11) is 0. The molecule has 0 aliphatic rings. The third kappa shape index (κ3) is 5.78. The molecule has 9 aromatic carbocycles. The maximum Gasteiger partial charge on any atom is 0.0972 e. The Morgan fingerprint density at radius 2 is 0.902 bits per heavy atom. The van der Waals surface area contributed by atoms with Crippen LogP contribution in [0, 0.1) is 0 Å². The van der Waals surface area contributed by atoms with E-state index in [4.69, 9.17) is 20.6 Å². The predicted molar refractivity (Wildman–Crippen MR) is 260 cm³/mol. The van der Waals surface area contributed by atoms with Gasteiger partial charge in [-0.1, -0.05) is 199 Å². The molecule has 0 spiro atoms. The van der Waals surface area contributed by atoms with Crippen molar-refractivity contribution in [3.8, 4) is 65.5 Å². The summed E-state index contributed by atoms with van der Waals surface area (Å²) in [5, 5.41) is -5.71. The molecule has 0 fully saturated rings. The van der Waals surface area contributed by atoms with E-state index >= 15 is 0 Å². The predicted octanol–water partition coefficient (Wildman–Crippen LogP) is 16.3. The monoisotopic (exact) mass is 825 g/mol. The average molecular weight is 826 g/mol. The fraction of sp³-hybridized carbons (Fsp3) is 0. The standard InChI is InChI=1S/C58H36N2S/c1-4-17-37(18-5-1)51-45-26-12-14-28-47(45)53(48-29-15-13-27-46(48)51)58-52(38-19-6-2-7-20-38)54(57(61-58)41-21-8-3-9-22-41)49-34-33-44(42-24-10-11-25-43(42)49)50-35-32-40-31-30-39-23-16-36-59-55(39)56(40)60-50/h1-36H/i1D,2D,4D,5D,6D,7D,8D,10D,11D,12D,13D,14D,15D,16D,17D,18D,19D,20D,21D,23D,24D,25D,26D,27D,28D,29D,30D,31D,32D,33D,34D,35D,36D. The minimum Gasteiger partial charge on any atom is -0.254 e. The highest BCUT2D eigenvalue weighted by Gasteiger charge is 2.28. The summed E-state index contributed by atoms with van der Waals surface area (Å²) in [4.78, 5) is 7.56. The van der Waals surface area contributed by atoms with Crippen LogP contribution in [0.2, 0.25) is 0 Å². The molecular formula is C58H36N2S. The highest BCUT2D eigenvalue weighted by molar-refractivity contribution is 7.20. The third-order valence-corrected chi connectivity index (χ3v) is 11.1. The Morgan fingerprint density at radius 1 is 0.361 bits per heavy atom. The molecule has 61 heavy (non-hydrogen) atoms. The smallest absolute Gasteiger partial charge is 0.0972 e. The van der Waals surface area contributed by atoms with Gasteiger partial charge in [-0.2, -0.15) is 0 Å². The van der Waals surface area contributed by atoms with Gasteiger partial charge in [0.1, 0.15) is 0 Å². The van der Waals surface area contributed by atoms with Gasteiger partial charge in [-0.3, -0.25) is 4.98 Å². The maximum atomic E-state index is 10.3. The van der Waals surface area contributed by atoms with Crippen molar-refractivity contribution in [2.45, 2.75) is 0 Å². The minimum atomic E-state index is -1.13. The molecule has 0 aliphatic carbocycles. The lowest BCUT2D eigenvalue weighted by Gasteiger charge is -2.19. The van der Waals surface area contributed by atoms with E-state index in [1.165, 1.54) is 18.2 Å². The number of fused-ring (bicyclic) bond motifs is 6. The zero-order chi connectivity index (χ0) is 69.0. The number of rotatable bonds is 6. The van der Waals surface area contributed by atoms with Crippen LogP contribution in [0.5, 0.6) is 0 Å². The van der Waals surface area contributed by atoms with Crippen molar-refractivity contribution in [1.82, 2.24) is 9.97 Å². The van der Waals surface area contributed by atoms with Crippen LogP contribution >= 0.6 is 11.3 Å². The van der Waals surface area contributed by atoms with Gasteiger partial charge in [-0.25, -0.2) is 4.98 Å². The molecule has 3 heterocycles. The van der Waals surface area contributed by atoms with Crippen LogP contribution in [-0.4, -0.2) is 9.97 Å². The van der Waals surface area contributed by atoms with E-state index in [0.717, 1.165) is 0 Å². The van der Waals surface area contributed by atoms with Crippen LogP contribution in [0.3, 0.4) is 0 Å². The summed E-state index contributed by atoms with van der Waals surface area (Å²) in [6.45, 7) is 0. The van der Waals surface area contributed by atoms with Gasteiger partial charge in [-0.05, 0) is 72.2 Å². The van der Waals surface area contributed by atoms with Gasteiger partial charge < -0.3 is 0 Å². The third-order valence-electron chi connectivity index (χ3n) is 9.84. The maximum absolute atomic E-state index is 10.3. The van der Waals surface area contributed by atoms with Crippen molar-refractivity contribution in [3.63, 3.8) is 0 Å². The minimum absolute atomic E-state index is 0.356. The number of hydrogen-bond acceptors (Lipinski definition) is 3. The van der Waals surface area contributed by atoms with Crippen LogP contribution in [0.1, 0.15) is 45.2 Å². The molecule has 284 valence electrons. The Labute approximate surface area is 404 Å². The molecule has 0 bridgehead atoms. The molecule has 0 radical (unpaired) electrons. The molecule has 0 unspecified atom stereocenters. The van der Waals surface area contributed by atoms with Gasteiger partial charge in [0.25, 0.3) is 0 Å². The quantitative estimate of drug-likeness (QED) is 0.123. The molecular weight excluding hydrogens is 757 g/mol. The van der Waals surface area contributed by atoms with Crippen LogP contribution in [0.4, 0.5) is 0 Å². The van der Waals surface area contributed by atoms with Crippen molar-refractivity contribution in [2.75, 3.05) is 0 Å². The number of aromatic nitrogens is 2. The topological polar surface area (TPSA) is 25.8 Å². The number of thiophene rings is 1. The summed E-state index contributed by atoms with van der Waals surface area (Å²) in [6, 6.07) is -27.5. The summed E-state index contributed by atoms with van der Waals surface area (Å²) < 4.78 is 305. The van der Waals surface area contributed by atoms with E-state index in [9.17, 15) is 24.7 Å². The van der Waals surface area contributed by atoms with Gasteiger partial charge in [0, 0.05) is 49.0 Å². The summed E-state index contributed by atoms with van der Waals surface area (Å²) >= 11 is 0.394. The molecule has 0 atom stereocenters. The van der Waals surface area contributed by atoms with Crippen molar-refractivity contribution in [2.24, 2.45) is 0 Å². The highest BCUT2D eigenvalue weighted by atomic mass is 32.1. The second-order valence-electron chi connectivity index (χ2n) is 13.1. The van der Waals surface area contributed by atoms with Crippen molar-refractivity contribution in [3.05, 3.63) is 218 Å². The lowest BCUT2D eigenvalue weighted by molar-refractivity contribution is 1.37. The fourth-order valence-corrected chi connectivity index (χ4v) is 8.70. The van der Waals surface area contributed by atoms with Crippen LogP contribution in [0.25, 0.3) is 120 Å². The lowest BCUT2D eigenvalue weighted by Crippen LogP contribution is -1.93. The SMILES string of the molecule is [2H]c1cccc(-c2sc(-c3c4c([2H])c([2H])c([2H])c([2H])c4c(-c4c([2H])c([2H])c([2H])c([2H])c4[2H])c4c([2H])c([2H])c([2H])c([2H])c34)c(-c3c([2H])c([2H])c([2H])c([2H])c3[2H])c2-c2c([2H])c([2H])c(-c3nc4c(c([2H])c3[2H])c([2H])c([2H])c3c([2H])c([2H])c([2H])nc34)c3c([2H])c([2H])c([2H])c([2H])c23)c1[2H]. The second kappa shape index (κ2) is 14.5. The molecule has 0 aliphatic heterocycles. The van der Waals surface area contributed by atoms with Crippen LogP contribution < -0.4 is 0 Å². The molecule has 3 aromatic heterocycles. The van der Waals surface area contributed by atoms with E-state index in [-0.39, 0.29) is 5.56 Å². The molecule has 0 N–H and O–H groups in total. The number of nitrogens with zero attached hydrogens (tertiary/aromatic N) is 2. The Bertz CT molecular complexity index is 5470. The van der Waals surface area contributed by atoms with E-state index < -0.39 is 314 Å². The molecule has 2 nitrogen and oxygen atoms in total. The Kier molecular flexibility index (Phi) is 3.66. The Morgan fingerprint density at radius 3 is 1.59 bits per heavy atom. The van der Waals surface area contributed by atoms with Gasteiger partial charge in [0.15, 0.2) is 0 Å². The summed E-state index contributed by atoms with van der Waals surface area (Å²) in [5.41, 5.74) is -8.50. The molecule has 0 amide bonds. The molecule has 0 saturated carbocycles. The van der Waals surface area contributed by atoms with Gasteiger partial charge in [-0.15, -0.1) is 11.3 Å². The fourth-order valence-electron chi connectivity index (χ4n) is 7.35. The molecule has 0 saturated heterocycles. The zero-order valence-electron chi connectivity index (χ0n) is 63.5. The van der Waals surface area contributed by atoms with Crippen LogP contribution in [-0.2, 0) is 0 Å². The van der Waals surface area contributed by atoms with E-state index in [0.29, 0.717) is 11.3 Å². The number of pyridine rings is 2. The highest BCUT2D eigenvalue weighted by Crippen LogP contribution is 2.56.